The van der Waals surface area contributed by atoms with E-state index in [0.717, 1.165) is 39.4 Å². The molecule has 1 fully saturated rings. The first-order valence-electron chi connectivity index (χ1n) is 14.1. The van der Waals surface area contributed by atoms with Crippen molar-refractivity contribution in [2.45, 2.75) is 11.8 Å². The Balaban J connectivity index is 1.33. The SMILES string of the molecule is O=C(CN(C(=O)c1cccc([N+](=O)[O-])c1)N1C(=O)[C@@H]2C3c4ccccc4C(c4ccccc43)[C@@H]2C1=O)c1cccc([N+](=O)[O-])c1. The quantitative estimate of drug-likeness (QED) is 0.128. The monoisotopic (exact) mass is 602 g/mol. The lowest BCUT2D eigenvalue weighted by Gasteiger charge is -2.45. The highest BCUT2D eigenvalue weighted by Gasteiger charge is 2.63. The molecule has 1 aliphatic heterocycles. The van der Waals surface area contributed by atoms with E-state index in [9.17, 15) is 39.4 Å². The first kappa shape index (κ1) is 27.8. The van der Waals surface area contributed by atoms with Crippen LogP contribution in [0.3, 0.4) is 0 Å². The summed E-state index contributed by atoms with van der Waals surface area (Å²) in [7, 11) is 0. The number of carbonyl (C=O) groups is 4. The Kier molecular flexibility index (Phi) is 6.36. The van der Waals surface area contributed by atoms with Crippen LogP contribution in [0.1, 0.15) is 54.8 Å². The van der Waals surface area contributed by atoms with Crippen molar-refractivity contribution in [1.82, 2.24) is 10.0 Å². The second kappa shape index (κ2) is 10.3. The van der Waals surface area contributed by atoms with E-state index in [-0.39, 0.29) is 16.8 Å². The van der Waals surface area contributed by atoms with Gasteiger partial charge in [0, 0.05) is 47.2 Å². The molecule has 4 aromatic carbocycles. The first-order valence-corrected chi connectivity index (χ1v) is 14.1. The van der Waals surface area contributed by atoms with Crippen LogP contribution < -0.4 is 0 Å². The van der Waals surface area contributed by atoms with Crippen molar-refractivity contribution in [1.29, 1.82) is 0 Å². The number of imide groups is 1. The van der Waals surface area contributed by atoms with E-state index >= 15 is 0 Å². The predicted molar refractivity (Wildman–Crippen MR) is 157 cm³/mol. The normalized spacial score (nSPS) is 20.7. The zero-order valence-electron chi connectivity index (χ0n) is 23.3. The van der Waals surface area contributed by atoms with Gasteiger partial charge >= 0.3 is 0 Å². The van der Waals surface area contributed by atoms with Gasteiger partial charge in [0.2, 0.25) is 0 Å². The van der Waals surface area contributed by atoms with E-state index in [1.807, 2.05) is 48.5 Å². The van der Waals surface area contributed by atoms with Gasteiger partial charge in [0.15, 0.2) is 5.78 Å². The maximum absolute atomic E-state index is 14.4. The molecule has 4 aliphatic rings. The van der Waals surface area contributed by atoms with E-state index < -0.39 is 69.3 Å². The Morgan fingerprint density at radius 2 is 1.07 bits per heavy atom. The molecule has 0 aromatic heterocycles. The van der Waals surface area contributed by atoms with Crippen molar-refractivity contribution >= 4 is 34.9 Å². The van der Waals surface area contributed by atoms with Gasteiger partial charge in [-0.2, -0.15) is 5.01 Å². The zero-order chi connectivity index (χ0) is 31.6. The molecule has 3 aliphatic carbocycles. The van der Waals surface area contributed by atoms with Crippen molar-refractivity contribution < 1.29 is 29.0 Å². The number of ketones is 1. The number of non-ortho nitro benzene ring substituents is 2. The van der Waals surface area contributed by atoms with Gasteiger partial charge in [-0.1, -0.05) is 66.7 Å². The van der Waals surface area contributed by atoms with Gasteiger partial charge in [0.25, 0.3) is 29.1 Å². The van der Waals surface area contributed by atoms with Gasteiger partial charge in [-0.25, -0.2) is 5.01 Å². The summed E-state index contributed by atoms with van der Waals surface area (Å²) in [6, 6.07) is 24.8. The molecule has 4 aromatic rings. The lowest BCUT2D eigenvalue weighted by molar-refractivity contribution is -0.385. The number of hydrazine groups is 1. The average Bonchev–Trinajstić information content (AvgIpc) is 3.32. The highest BCUT2D eigenvalue weighted by atomic mass is 16.6. The lowest BCUT2D eigenvalue weighted by atomic mass is 9.55. The number of hydrogen-bond acceptors (Lipinski definition) is 8. The molecule has 0 N–H and O–H groups in total. The number of nitro benzene ring substituents is 2. The molecule has 8 rings (SSSR count). The standard InChI is InChI=1S/C33H22N4O8/c38-26(18-7-5-9-20(15-18)36(42)43)17-34(31(39)19-8-6-10-21(16-19)37(44)45)35-32(40)29-27-22-11-1-2-12-23(22)28(30(29)33(35)41)25-14-4-3-13-24(25)27/h1-16,27-30H,17H2/t27?,28?,29-,30+. The summed E-state index contributed by atoms with van der Waals surface area (Å²) in [4.78, 5) is 77.8. The fourth-order valence-corrected chi connectivity index (χ4v) is 7.05. The third-order valence-corrected chi connectivity index (χ3v) is 8.88. The van der Waals surface area contributed by atoms with E-state index in [0.29, 0.717) is 5.01 Å². The molecule has 1 heterocycles. The highest BCUT2D eigenvalue weighted by molar-refractivity contribution is 6.11. The van der Waals surface area contributed by atoms with Crippen LogP contribution >= 0.6 is 0 Å². The summed E-state index contributed by atoms with van der Waals surface area (Å²) in [5, 5.41) is 24.3. The van der Waals surface area contributed by atoms with Gasteiger partial charge < -0.3 is 0 Å². The van der Waals surface area contributed by atoms with Crippen LogP contribution in [0.4, 0.5) is 11.4 Å². The number of Topliss-reactive ketones (excluding diaryl/α,β-unsaturated/α-hetero) is 1. The smallest absolute Gasteiger partial charge is 0.273 e. The molecular weight excluding hydrogens is 580 g/mol. The number of nitrogens with zero attached hydrogens (tertiary/aromatic N) is 4. The molecule has 2 atom stereocenters. The Hall–Kier alpha value is -6.04. The van der Waals surface area contributed by atoms with Crippen molar-refractivity contribution in [3.8, 4) is 0 Å². The summed E-state index contributed by atoms with van der Waals surface area (Å²) in [6.45, 7) is -0.825. The number of nitro groups is 2. The van der Waals surface area contributed by atoms with Gasteiger partial charge in [-0.3, -0.25) is 39.4 Å². The van der Waals surface area contributed by atoms with Crippen LogP contribution in [0, 0.1) is 32.1 Å². The Labute approximate surface area is 254 Å². The van der Waals surface area contributed by atoms with Gasteiger partial charge in [-0.15, -0.1) is 0 Å². The fourth-order valence-electron chi connectivity index (χ4n) is 7.05. The van der Waals surface area contributed by atoms with Crippen LogP contribution in [0.15, 0.2) is 97.1 Å². The summed E-state index contributed by atoms with van der Waals surface area (Å²) in [5.41, 5.74) is 2.55. The van der Waals surface area contributed by atoms with Crippen molar-refractivity contribution in [3.05, 3.63) is 151 Å². The molecule has 1 saturated heterocycles. The summed E-state index contributed by atoms with van der Waals surface area (Å²) < 4.78 is 0. The number of amides is 3. The van der Waals surface area contributed by atoms with Gasteiger partial charge in [0.05, 0.1) is 21.7 Å². The maximum Gasteiger partial charge on any atom is 0.273 e. The summed E-state index contributed by atoms with van der Waals surface area (Å²) in [6.07, 6.45) is 0. The molecule has 2 bridgehead atoms. The molecule has 0 radical (unpaired) electrons. The summed E-state index contributed by atoms with van der Waals surface area (Å²) >= 11 is 0. The molecule has 3 amide bonds. The van der Waals surface area contributed by atoms with Crippen LogP contribution in [0.2, 0.25) is 0 Å². The van der Waals surface area contributed by atoms with E-state index in [2.05, 4.69) is 0 Å². The maximum atomic E-state index is 14.4. The predicted octanol–water partition coefficient (Wildman–Crippen LogP) is 4.64. The van der Waals surface area contributed by atoms with E-state index in [4.69, 9.17) is 0 Å². The minimum Gasteiger partial charge on any atom is -0.292 e. The Morgan fingerprint density at radius 1 is 0.644 bits per heavy atom. The van der Waals surface area contributed by atoms with Crippen LogP contribution in [-0.4, -0.2) is 49.9 Å². The number of hydrogen-bond donors (Lipinski definition) is 0. The third kappa shape index (κ3) is 4.21. The number of carbonyl (C=O) groups excluding carboxylic acids is 4. The second-order valence-electron chi connectivity index (χ2n) is 11.2. The zero-order valence-corrected chi connectivity index (χ0v) is 23.3. The minimum absolute atomic E-state index is 0.113. The minimum atomic E-state index is -0.986. The molecule has 0 spiro atoms. The molecule has 222 valence electrons. The third-order valence-electron chi connectivity index (χ3n) is 8.88. The van der Waals surface area contributed by atoms with E-state index in [1.165, 1.54) is 36.4 Å². The summed E-state index contributed by atoms with van der Waals surface area (Å²) in [5.74, 6) is -5.78. The molecule has 12 heteroatoms. The van der Waals surface area contributed by atoms with Crippen LogP contribution in [0.5, 0.6) is 0 Å². The van der Waals surface area contributed by atoms with Crippen molar-refractivity contribution in [2.75, 3.05) is 6.54 Å². The van der Waals surface area contributed by atoms with Crippen LogP contribution in [-0.2, 0) is 9.59 Å². The fraction of sp³-hybridized carbons (Fsp3) is 0.152. The highest BCUT2D eigenvalue weighted by Crippen LogP contribution is 2.61. The van der Waals surface area contributed by atoms with Gasteiger partial charge in [0.1, 0.15) is 6.54 Å². The molecular formula is C33H22N4O8. The molecule has 0 saturated carbocycles. The Bertz CT molecular complexity index is 1880. The van der Waals surface area contributed by atoms with Crippen molar-refractivity contribution in [3.63, 3.8) is 0 Å². The largest absolute Gasteiger partial charge is 0.292 e. The topological polar surface area (TPSA) is 161 Å². The van der Waals surface area contributed by atoms with E-state index in [1.54, 1.807) is 0 Å². The average molecular weight is 603 g/mol. The van der Waals surface area contributed by atoms with Crippen LogP contribution in [0.25, 0.3) is 0 Å². The Morgan fingerprint density at radius 3 is 1.51 bits per heavy atom. The number of benzene rings is 4. The molecule has 45 heavy (non-hydrogen) atoms. The molecule has 0 unspecified atom stereocenters. The lowest BCUT2D eigenvalue weighted by Crippen LogP contribution is -2.52. The number of rotatable bonds is 7. The van der Waals surface area contributed by atoms with Crippen molar-refractivity contribution in [2.24, 2.45) is 11.8 Å². The molecule has 12 nitrogen and oxygen atoms in total. The van der Waals surface area contributed by atoms with Gasteiger partial charge in [-0.05, 0) is 28.3 Å². The second-order valence-corrected chi connectivity index (χ2v) is 11.2. The first-order chi connectivity index (χ1) is 21.7.